The zero-order valence-corrected chi connectivity index (χ0v) is 9.82. The molecule has 1 aromatic heterocycles. The zero-order chi connectivity index (χ0) is 12.8. The summed E-state index contributed by atoms with van der Waals surface area (Å²) in [6, 6.07) is 9.48. The molecule has 0 bridgehead atoms. The molecule has 0 radical (unpaired) electrons. The van der Waals surface area contributed by atoms with Crippen molar-refractivity contribution in [3.05, 3.63) is 42.0 Å². The van der Waals surface area contributed by atoms with Crippen molar-refractivity contribution in [1.29, 1.82) is 0 Å². The van der Waals surface area contributed by atoms with E-state index in [0.29, 0.717) is 18.9 Å². The van der Waals surface area contributed by atoms with E-state index in [1.165, 1.54) is 0 Å². The van der Waals surface area contributed by atoms with Crippen molar-refractivity contribution in [2.45, 2.75) is 12.5 Å². The molecule has 0 amide bonds. The molecule has 1 aromatic carbocycles. The van der Waals surface area contributed by atoms with Crippen molar-refractivity contribution in [3.63, 3.8) is 0 Å². The fourth-order valence-corrected chi connectivity index (χ4v) is 1.38. The molecule has 0 aliphatic rings. The Morgan fingerprint density at radius 1 is 1.33 bits per heavy atom. The van der Waals surface area contributed by atoms with Crippen LogP contribution in [-0.2, 0) is 6.42 Å². The lowest BCUT2D eigenvalue weighted by Gasteiger charge is -2.03. The van der Waals surface area contributed by atoms with Gasteiger partial charge in [-0.3, -0.25) is 0 Å². The highest BCUT2D eigenvalue weighted by Gasteiger charge is 2.13. The normalized spacial score (nSPS) is 12.3. The van der Waals surface area contributed by atoms with Crippen molar-refractivity contribution < 1.29 is 14.4 Å². The Kier molecular flexibility index (Phi) is 4.27. The van der Waals surface area contributed by atoms with Crippen LogP contribution in [0.3, 0.4) is 0 Å². The molecule has 0 aliphatic heterocycles. The van der Waals surface area contributed by atoms with Gasteiger partial charge in [-0.15, -0.1) is 0 Å². The number of hydrogen-bond donors (Lipinski definition) is 2. The van der Waals surface area contributed by atoms with Crippen LogP contribution in [0, 0.1) is 0 Å². The first-order chi connectivity index (χ1) is 8.79. The molecule has 0 saturated carbocycles. The van der Waals surface area contributed by atoms with Gasteiger partial charge in [0.15, 0.2) is 5.82 Å². The summed E-state index contributed by atoms with van der Waals surface area (Å²) in [4.78, 5) is 4.02. The van der Waals surface area contributed by atoms with Crippen molar-refractivity contribution in [2.24, 2.45) is 5.73 Å². The van der Waals surface area contributed by atoms with Gasteiger partial charge in [0.2, 0.25) is 0 Å². The van der Waals surface area contributed by atoms with Crippen LogP contribution in [0.4, 0.5) is 0 Å². The fraction of sp³-hybridized carbons (Fsp3) is 0.333. The molecule has 3 N–H and O–H groups in total. The topological polar surface area (TPSA) is 94.4 Å². The number of rotatable bonds is 6. The minimum Gasteiger partial charge on any atom is -0.493 e. The van der Waals surface area contributed by atoms with Crippen LogP contribution in [-0.4, -0.2) is 28.4 Å². The second-order valence-electron chi connectivity index (χ2n) is 3.71. The number of aromatic nitrogens is 2. The van der Waals surface area contributed by atoms with Crippen molar-refractivity contribution in [3.8, 4) is 5.75 Å². The average molecular weight is 249 g/mol. The maximum Gasteiger partial charge on any atom is 0.256 e. The second-order valence-corrected chi connectivity index (χ2v) is 3.71. The number of nitrogens with zero attached hydrogens (tertiary/aromatic N) is 2. The fourth-order valence-electron chi connectivity index (χ4n) is 1.38. The number of hydrogen-bond acceptors (Lipinski definition) is 6. The summed E-state index contributed by atoms with van der Waals surface area (Å²) >= 11 is 0. The molecule has 1 atom stereocenters. The van der Waals surface area contributed by atoms with E-state index in [-0.39, 0.29) is 12.4 Å². The monoisotopic (exact) mass is 249 g/mol. The first kappa shape index (κ1) is 12.5. The largest absolute Gasteiger partial charge is 0.493 e. The summed E-state index contributed by atoms with van der Waals surface area (Å²) in [7, 11) is 0. The Hall–Kier alpha value is -1.92. The lowest BCUT2D eigenvalue weighted by molar-refractivity contribution is 0.141. The van der Waals surface area contributed by atoms with E-state index < -0.39 is 6.10 Å². The van der Waals surface area contributed by atoms with E-state index >= 15 is 0 Å². The Balaban J connectivity index is 1.82. The summed E-state index contributed by atoms with van der Waals surface area (Å²) in [5, 5.41) is 13.1. The van der Waals surface area contributed by atoms with Gasteiger partial charge in [0.1, 0.15) is 11.9 Å². The van der Waals surface area contributed by atoms with Crippen LogP contribution in [0.1, 0.15) is 17.8 Å². The molecule has 1 heterocycles. The Labute approximate surface area is 104 Å². The minimum absolute atomic E-state index is 0.0577. The minimum atomic E-state index is -0.902. The summed E-state index contributed by atoms with van der Waals surface area (Å²) < 4.78 is 10.4. The number of nitrogens with two attached hydrogens (primary N) is 1. The zero-order valence-electron chi connectivity index (χ0n) is 9.82. The molecule has 6 nitrogen and oxygen atoms in total. The van der Waals surface area contributed by atoms with Crippen LogP contribution in [0.25, 0.3) is 0 Å². The van der Waals surface area contributed by atoms with Crippen LogP contribution in [0.2, 0.25) is 0 Å². The number of benzene rings is 1. The van der Waals surface area contributed by atoms with Gasteiger partial charge in [0.05, 0.1) is 6.61 Å². The number of aliphatic hydroxyl groups is 1. The Morgan fingerprint density at radius 2 is 2.11 bits per heavy atom. The Morgan fingerprint density at radius 3 is 2.83 bits per heavy atom. The van der Waals surface area contributed by atoms with Crippen molar-refractivity contribution in [1.82, 2.24) is 10.1 Å². The molecule has 0 aliphatic carbocycles. The molecule has 0 fully saturated rings. The van der Waals surface area contributed by atoms with Crippen LogP contribution in [0.5, 0.6) is 5.75 Å². The van der Waals surface area contributed by atoms with Crippen LogP contribution < -0.4 is 10.5 Å². The van der Waals surface area contributed by atoms with Gasteiger partial charge in [-0.05, 0) is 12.1 Å². The molecule has 6 heteroatoms. The Bertz CT molecular complexity index is 472. The third-order valence-electron chi connectivity index (χ3n) is 2.33. The van der Waals surface area contributed by atoms with Gasteiger partial charge >= 0.3 is 0 Å². The highest BCUT2D eigenvalue weighted by molar-refractivity contribution is 5.20. The second kappa shape index (κ2) is 6.13. The average Bonchev–Trinajstić information content (AvgIpc) is 2.88. The molecule has 96 valence electrons. The van der Waals surface area contributed by atoms with E-state index in [9.17, 15) is 5.11 Å². The van der Waals surface area contributed by atoms with Crippen LogP contribution in [0.15, 0.2) is 34.9 Å². The van der Waals surface area contributed by atoms with Gasteiger partial charge < -0.3 is 20.1 Å². The summed E-state index contributed by atoms with van der Waals surface area (Å²) in [6.07, 6.45) is -0.392. The number of aliphatic hydroxyl groups excluding tert-OH is 1. The molecular formula is C12H15N3O3. The summed E-state index contributed by atoms with van der Waals surface area (Å²) in [6.45, 7) is 0.504. The van der Waals surface area contributed by atoms with E-state index in [4.69, 9.17) is 15.0 Å². The molecular weight excluding hydrogens is 234 g/mol. The lowest BCUT2D eigenvalue weighted by Crippen LogP contribution is -2.12. The molecule has 0 saturated heterocycles. The van der Waals surface area contributed by atoms with Crippen molar-refractivity contribution in [2.75, 3.05) is 13.2 Å². The molecule has 2 aromatic rings. The molecule has 0 spiro atoms. The lowest BCUT2D eigenvalue weighted by atomic mass is 10.3. The predicted molar refractivity (Wildman–Crippen MR) is 64.0 cm³/mol. The van der Waals surface area contributed by atoms with Gasteiger partial charge in [-0.25, -0.2) is 0 Å². The maximum atomic E-state index is 9.39. The van der Waals surface area contributed by atoms with Gasteiger partial charge in [0, 0.05) is 13.0 Å². The number of ether oxygens (including phenoxy) is 1. The highest BCUT2D eigenvalue weighted by Crippen LogP contribution is 2.10. The highest BCUT2D eigenvalue weighted by atomic mass is 16.5. The van der Waals surface area contributed by atoms with Crippen LogP contribution >= 0.6 is 0 Å². The third kappa shape index (κ3) is 3.28. The van der Waals surface area contributed by atoms with Gasteiger partial charge in [0.25, 0.3) is 5.89 Å². The first-order valence-corrected chi connectivity index (χ1v) is 5.68. The van der Waals surface area contributed by atoms with E-state index in [1.807, 2.05) is 30.3 Å². The standard InChI is InChI=1S/C12H15N3O3/c13-8-10(16)12-14-11(15-18-12)6-7-17-9-4-2-1-3-5-9/h1-5,10,16H,6-8,13H2/t10-/m0/s1. The van der Waals surface area contributed by atoms with Gasteiger partial charge in [-0.1, -0.05) is 23.4 Å². The first-order valence-electron chi connectivity index (χ1n) is 5.68. The maximum absolute atomic E-state index is 9.39. The quantitative estimate of drug-likeness (QED) is 0.782. The van der Waals surface area contributed by atoms with Gasteiger partial charge in [-0.2, -0.15) is 4.98 Å². The van der Waals surface area contributed by atoms with Crippen molar-refractivity contribution >= 4 is 0 Å². The predicted octanol–water partition coefficient (Wildman–Crippen LogP) is 0.683. The van der Waals surface area contributed by atoms with E-state index in [1.54, 1.807) is 0 Å². The van der Waals surface area contributed by atoms with E-state index in [0.717, 1.165) is 5.75 Å². The third-order valence-corrected chi connectivity index (χ3v) is 2.33. The summed E-state index contributed by atoms with van der Waals surface area (Å²) in [5.74, 6) is 1.43. The van der Waals surface area contributed by atoms with E-state index in [2.05, 4.69) is 10.1 Å². The smallest absolute Gasteiger partial charge is 0.256 e. The molecule has 18 heavy (non-hydrogen) atoms. The summed E-state index contributed by atoms with van der Waals surface area (Å²) in [5.41, 5.74) is 5.29. The SMILES string of the molecule is NC[C@H](O)c1nc(CCOc2ccccc2)no1. The molecule has 0 unspecified atom stereocenters. The molecule has 2 rings (SSSR count). The number of para-hydroxylation sites is 1.